The highest BCUT2D eigenvalue weighted by molar-refractivity contribution is 7.89. The molecule has 0 unspecified atom stereocenters. The van der Waals surface area contributed by atoms with Crippen molar-refractivity contribution in [3.8, 4) is 5.75 Å². The molecule has 0 saturated heterocycles. The van der Waals surface area contributed by atoms with E-state index in [1.54, 1.807) is 12.1 Å². The normalized spacial score (nSPS) is 15.9. The molecule has 0 spiro atoms. The average Bonchev–Trinajstić information content (AvgIpc) is 2.58. The van der Waals surface area contributed by atoms with E-state index < -0.39 is 10.0 Å². The summed E-state index contributed by atoms with van der Waals surface area (Å²) in [4.78, 5) is 12.5. The number of benzene rings is 2. The molecule has 0 bridgehead atoms. The third-order valence-electron chi connectivity index (χ3n) is 4.13. The van der Waals surface area contributed by atoms with Gasteiger partial charge in [-0.05, 0) is 42.2 Å². The van der Waals surface area contributed by atoms with Crippen LogP contribution in [0.25, 0.3) is 0 Å². The van der Waals surface area contributed by atoms with Gasteiger partial charge in [0.25, 0.3) is 10.0 Å². The molecule has 0 saturated carbocycles. The third kappa shape index (κ3) is 3.14. The summed E-state index contributed by atoms with van der Waals surface area (Å²) in [6, 6.07) is 14.6. The Morgan fingerprint density at radius 2 is 1.88 bits per heavy atom. The number of methoxy groups -OCH3 is 1. The minimum absolute atomic E-state index is 0.0805. The number of ether oxygens (including phenoxy) is 1. The standard InChI is InChI=1S/C18H19NO4S/c1-23-16-9-10-17-15(12-16)13-18(20)19(24(17,21)22)11-5-8-14-6-3-2-4-7-14/h2-4,6-7,9-10,12H,5,8,11,13H2,1H3. The van der Waals surface area contributed by atoms with E-state index >= 15 is 0 Å². The molecular weight excluding hydrogens is 326 g/mol. The summed E-state index contributed by atoms with van der Waals surface area (Å²) in [6.07, 6.45) is 1.41. The van der Waals surface area contributed by atoms with Crippen molar-refractivity contribution in [2.24, 2.45) is 0 Å². The van der Waals surface area contributed by atoms with Crippen LogP contribution in [0.1, 0.15) is 17.5 Å². The minimum Gasteiger partial charge on any atom is -0.497 e. The van der Waals surface area contributed by atoms with Crippen LogP contribution in [0.15, 0.2) is 53.4 Å². The molecule has 0 aliphatic carbocycles. The van der Waals surface area contributed by atoms with Gasteiger partial charge in [-0.2, -0.15) is 0 Å². The highest BCUT2D eigenvalue weighted by Gasteiger charge is 2.36. The number of hydrogen-bond acceptors (Lipinski definition) is 4. The van der Waals surface area contributed by atoms with Gasteiger partial charge < -0.3 is 4.74 Å². The van der Waals surface area contributed by atoms with Gasteiger partial charge in [-0.3, -0.25) is 4.79 Å². The summed E-state index contributed by atoms with van der Waals surface area (Å²) in [7, 11) is -2.27. The molecular formula is C18H19NO4S. The zero-order valence-corrected chi connectivity index (χ0v) is 14.3. The number of fused-ring (bicyclic) bond motifs is 1. The molecule has 1 amide bonds. The summed E-state index contributed by atoms with van der Waals surface area (Å²) in [5.74, 6) is 0.165. The minimum atomic E-state index is -3.78. The summed E-state index contributed by atoms with van der Waals surface area (Å²) in [5.41, 5.74) is 1.63. The fourth-order valence-electron chi connectivity index (χ4n) is 2.89. The second-order valence-corrected chi connectivity index (χ2v) is 7.54. The molecule has 1 heterocycles. The molecule has 0 radical (unpaired) electrons. The molecule has 1 aliphatic heterocycles. The Morgan fingerprint density at radius 1 is 1.12 bits per heavy atom. The summed E-state index contributed by atoms with van der Waals surface area (Å²) >= 11 is 0. The van der Waals surface area contributed by atoms with Gasteiger partial charge in [0, 0.05) is 6.54 Å². The molecule has 5 nitrogen and oxygen atoms in total. The molecule has 24 heavy (non-hydrogen) atoms. The van der Waals surface area contributed by atoms with E-state index in [4.69, 9.17) is 4.74 Å². The maximum Gasteiger partial charge on any atom is 0.266 e. The molecule has 2 aromatic rings. The van der Waals surface area contributed by atoms with Gasteiger partial charge in [-0.15, -0.1) is 0 Å². The van der Waals surface area contributed by atoms with Crippen LogP contribution in [0.3, 0.4) is 0 Å². The zero-order chi connectivity index (χ0) is 17.2. The van der Waals surface area contributed by atoms with E-state index in [0.717, 1.165) is 16.3 Å². The Labute approximate surface area is 141 Å². The van der Waals surface area contributed by atoms with Crippen molar-refractivity contribution in [1.82, 2.24) is 4.31 Å². The smallest absolute Gasteiger partial charge is 0.266 e. The predicted octanol–water partition coefficient (Wildman–Crippen LogP) is 2.40. The summed E-state index contributed by atoms with van der Waals surface area (Å²) < 4.78 is 31.6. The average molecular weight is 345 g/mol. The number of hydrogen-bond donors (Lipinski definition) is 0. The van der Waals surface area contributed by atoms with Crippen molar-refractivity contribution in [3.05, 3.63) is 59.7 Å². The van der Waals surface area contributed by atoms with Crippen molar-refractivity contribution < 1.29 is 17.9 Å². The van der Waals surface area contributed by atoms with E-state index in [-0.39, 0.29) is 23.8 Å². The van der Waals surface area contributed by atoms with Crippen LogP contribution in [0.5, 0.6) is 5.75 Å². The van der Waals surface area contributed by atoms with Crippen LogP contribution in [0.4, 0.5) is 0 Å². The first-order valence-electron chi connectivity index (χ1n) is 7.79. The molecule has 6 heteroatoms. The van der Waals surface area contributed by atoms with Gasteiger partial charge in [-0.1, -0.05) is 30.3 Å². The lowest BCUT2D eigenvalue weighted by Gasteiger charge is -2.28. The van der Waals surface area contributed by atoms with Gasteiger partial charge in [0.15, 0.2) is 0 Å². The maximum absolute atomic E-state index is 12.7. The van der Waals surface area contributed by atoms with Gasteiger partial charge in [0.1, 0.15) is 5.75 Å². The molecule has 0 atom stereocenters. The maximum atomic E-state index is 12.7. The Hall–Kier alpha value is -2.34. The second-order valence-electron chi connectivity index (χ2n) is 5.71. The summed E-state index contributed by atoms with van der Waals surface area (Å²) in [6.45, 7) is 0.196. The lowest BCUT2D eigenvalue weighted by atomic mass is 10.1. The lowest BCUT2D eigenvalue weighted by molar-refractivity contribution is -0.126. The summed E-state index contributed by atoms with van der Waals surface area (Å²) in [5, 5.41) is 0. The number of carbonyl (C=O) groups excluding carboxylic acids is 1. The monoisotopic (exact) mass is 345 g/mol. The fourth-order valence-corrected chi connectivity index (χ4v) is 4.53. The zero-order valence-electron chi connectivity index (χ0n) is 13.4. The van der Waals surface area contributed by atoms with Gasteiger partial charge in [0.2, 0.25) is 5.91 Å². The quantitative estimate of drug-likeness (QED) is 0.835. The Bertz CT molecular complexity index is 847. The largest absolute Gasteiger partial charge is 0.497 e. The topological polar surface area (TPSA) is 63.7 Å². The van der Waals surface area contributed by atoms with Crippen molar-refractivity contribution in [3.63, 3.8) is 0 Å². The molecule has 0 aromatic heterocycles. The SMILES string of the molecule is COc1ccc2c(c1)CC(=O)N(CCCc1ccccc1)S2(=O)=O. The van der Waals surface area contributed by atoms with Crippen LogP contribution in [0.2, 0.25) is 0 Å². The van der Waals surface area contributed by atoms with Crippen LogP contribution in [0, 0.1) is 0 Å². The predicted molar refractivity (Wildman–Crippen MR) is 90.4 cm³/mol. The molecule has 0 N–H and O–H groups in total. The van der Waals surface area contributed by atoms with Crippen LogP contribution in [-0.2, 0) is 27.7 Å². The van der Waals surface area contributed by atoms with Gasteiger partial charge in [0.05, 0.1) is 18.4 Å². The molecule has 2 aromatic carbocycles. The van der Waals surface area contributed by atoms with E-state index in [1.807, 2.05) is 30.3 Å². The molecule has 3 rings (SSSR count). The van der Waals surface area contributed by atoms with Crippen LogP contribution in [-0.4, -0.2) is 32.3 Å². The number of rotatable bonds is 5. The Balaban J connectivity index is 1.78. The van der Waals surface area contributed by atoms with Crippen molar-refractivity contribution in [2.75, 3.05) is 13.7 Å². The van der Waals surface area contributed by atoms with Crippen molar-refractivity contribution in [1.29, 1.82) is 0 Å². The van der Waals surface area contributed by atoms with E-state index in [1.165, 1.54) is 13.2 Å². The second kappa shape index (κ2) is 6.65. The van der Waals surface area contributed by atoms with Crippen molar-refractivity contribution >= 4 is 15.9 Å². The van der Waals surface area contributed by atoms with Crippen LogP contribution < -0.4 is 4.74 Å². The first-order valence-corrected chi connectivity index (χ1v) is 9.23. The fraction of sp³-hybridized carbons (Fsp3) is 0.278. The highest BCUT2D eigenvalue weighted by atomic mass is 32.2. The van der Waals surface area contributed by atoms with E-state index in [0.29, 0.717) is 17.7 Å². The van der Waals surface area contributed by atoms with E-state index in [2.05, 4.69) is 0 Å². The first kappa shape index (κ1) is 16.5. The molecule has 126 valence electrons. The van der Waals surface area contributed by atoms with Crippen LogP contribution >= 0.6 is 0 Å². The van der Waals surface area contributed by atoms with Crippen molar-refractivity contribution in [2.45, 2.75) is 24.2 Å². The van der Waals surface area contributed by atoms with E-state index in [9.17, 15) is 13.2 Å². The van der Waals surface area contributed by atoms with Gasteiger partial charge >= 0.3 is 0 Å². The molecule has 0 fully saturated rings. The third-order valence-corrected chi connectivity index (χ3v) is 6.05. The lowest BCUT2D eigenvalue weighted by Crippen LogP contribution is -2.42. The molecule has 1 aliphatic rings. The first-order chi connectivity index (χ1) is 11.5. The number of amides is 1. The Kier molecular flexibility index (Phi) is 4.57. The number of aryl methyl sites for hydroxylation is 1. The Morgan fingerprint density at radius 3 is 2.58 bits per heavy atom. The number of nitrogens with zero attached hydrogens (tertiary/aromatic N) is 1. The number of sulfonamides is 1. The number of carbonyl (C=O) groups is 1. The van der Waals surface area contributed by atoms with Gasteiger partial charge in [-0.25, -0.2) is 12.7 Å². The highest BCUT2D eigenvalue weighted by Crippen LogP contribution is 2.30.